The van der Waals surface area contributed by atoms with Gasteiger partial charge in [0.1, 0.15) is 12.1 Å². The zero-order valence-electron chi connectivity index (χ0n) is 18.6. The van der Waals surface area contributed by atoms with Crippen molar-refractivity contribution in [1.29, 1.82) is 5.26 Å². The van der Waals surface area contributed by atoms with E-state index in [1.807, 2.05) is 37.3 Å². The molecule has 4 heterocycles. The molecule has 0 radical (unpaired) electrons. The van der Waals surface area contributed by atoms with Crippen LogP contribution in [0, 0.1) is 18.3 Å². The summed E-state index contributed by atoms with van der Waals surface area (Å²) in [4.78, 5) is 22.8. The van der Waals surface area contributed by atoms with Crippen LogP contribution in [-0.4, -0.2) is 29.5 Å². The third kappa shape index (κ3) is 3.67. The number of benzene rings is 1. The molecule has 0 bridgehead atoms. The van der Waals surface area contributed by atoms with E-state index in [-0.39, 0.29) is 11.4 Å². The van der Waals surface area contributed by atoms with Gasteiger partial charge in [0.05, 0.1) is 23.0 Å². The summed E-state index contributed by atoms with van der Waals surface area (Å²) in [5.74, 6) is 0.203. The van der Waals surface area contributed by atoms with E-state index in [0.29, 0.717) is 45.5 Å². The number of nitrogens with zero attached hydrogens (tertiary/aromatic N) is 7. The van der Waals surface area contributed by atoms with E-state index >= 15 is 0 Å². The highest BCUT2D eigenvalue weighted by molar-refractivity contribution is 6.03. The minimum absolute atomic E-state index is 0.142. The highest BCUT2D eigenvalue weighted by Gasteiger charge is 2.22. The van der Waals surface area contributed by atoms with E-state index in [0.717, 1.165) is 11.4 Å². The van der Waals surface area contributed by atoms with Crippen LogP contribution in [0.3, 0.4) is 0 Å². The third-order valence-corrected chi connectivity index (χ3v) is 5.53. The van der Waals surface area contributed by atoms with E-state index in [1.165, 1.54) is 15.4 Å². The van der Waals surface area contributed by atoms with Gasteiger partial charge in [-0.05, 0) is 31.2 Å². The van der Waals surface area contributed by atoms with E-state index in [2.05, 4.69) is 21.1 Å². The van der Waals surface area contributed by atoms with Crippen molar-refractivity contribution >= 4 is 16.9 Å². The molecule has 0 saturated heterocycles. The second-order valence-corrected chi connectivity index (χ2v) is 7.94. The van der Waals surface area contributed by atoms with Crippen molar-refractivity contribution in [3.63, 3.8) is 0 Å². The third-order valence-electron chi connectivity index (χ3n) is 5.53. The van der Waals surface area contributed by atoms with Gasteiger partial charge >= 0.3 is 0 Å². The molecule has 0 aliphatic heterocycles. The summed E-state index contributed by atoms with van der Waals surface area (Å²) in [5, 5.41) is 19.0. The molecule has 0 spiro atoms. The molecule has 4 aromatic heterocycles. The largest absolute Gasteiger partial charge is 0.382 e. The van der Waals surface area contributed by atoms with Crippen LogP contribution in [0.25, 0.3) is 33.4 Å². The number of fused-ring (bicyclic) bond motifs is 1. The standard InChI is InChI=1S/C25H20N8O/c1-15-6-5-8-18(28-15)14-33-30-23-21(17-10-11-20(34)32(2)13-17)22(29-25(27)24(23)31-33)19-9-4-3-7-16(19)12-26/h3-11,13H,14H2,1-2H3,(H2,27,29). The Balaban J connectivity index is 1.80. The second-order valence-electron chi connectivity index (χ2n) is 7.94. The summed E-state index contributed by atoms with van der Waals surface area (Å²) < 4.78 is 1.48. The lowest BCUT2D eigenvalue weighted by molar-refractivity contribution is 0.590. The number of hydrogen-bond donors (Lipinski definition) is 1. The summed E-state index contributed by atoms with van der Waals surface area (Å²) in [6.45, 7) is 2.28. The van der Waals surface area contributed by atoms with Crippen molar-refractivity contribution in [3.8, 4) is 28.5 Å². The van der Waals surface area contributed by atoms with E-state index < -0.39 is 0 Å². The molecule has 0 unspecified atom stereocenters. The Labute approximate surface area is 194 Å². The molecule has 5 aromatic rings. The lowest BCUT2D eigenvalue weighted by atomic mass is 9.96. The van der Waals surface area contributed by atoms with Crippen LogP contribution >= 0.6 is 0 Å². The highest BCUT2D eigenvalue weighted by Crippen LogP contribution is 2.38. The van der Waals surface area contributed by atoms with Gasteiger partial charge in [-0.1, -0.05) is 24.3 Å². The monoisotopic (exact) mass is 448 g/mol. The van der Waals surface area contributed by atoms with E-state index in [1.54, 1.807) is 31.4 Å². The molecule has 2 N–H and O–H groups in total. The SMILES string of the molecule is Cc1cccc(Cn2nc3c(N)nc(-c4ccccc4C#N)c(-c4ccc(=O)n(C)c4)c3n2)n1. The summed E-state index contributed by atoms with van der Waals surface area (Å²) in [6.07, 6.45) is 1.72. The molecule has 9 nitrogen and oxygen atoms in total. The number of hydrogen-bond acceptors (Lipinski definition) is 7. The number of nitriles is 1. The molecule has 34 heavy (non-hydrogen) atoms. The quantitative estimate of drug-likeness (QED) is 0.447. The van der Waals surface area contributed by atoms with Crippen molar-refractivity contribution in [2.45, 2.75) is 13.5 Å². The maximum absolute atomic E-state index is 12.1. The Hall–Kier alpha value is -4.84. The Morgan fingerprint density at radius 1 is 1.00 bits per heavy atom. The lowest BCUT2D eigenvalue weighted by Crippen LogP contribution is -2.14. The van der Waals surface area contributed by atoms with Crippen LogP contribution in [0.5, 0.6) is 0 Å². The number of aryl methyl sites for hydroxylation is 2. The molecule has 166 valence electrons. The minimum atomic E-state index is -0.142. The molecule has 0 fully saturated rings. The van der Waals surface area contributed by atoms with Gasteiger partial charge in [-0.2, -0.15) is 15.2 Å². The molecular formula is C25H20N8O. The van der Waals surface area contributed by atoms with Gasteiger partial charge in [-0.15, -0.1) is 5.10 Å². The van der Waals surface area contributed by atoms with Crippen molar-refractivity contribution in [2.24, 2.45) is 7.05 Å². The van der Waals surface area contributed by atoms with Gasteiger partial charge in [0.2, 0.25) is 5.56 Å². The topological polar surface area (TPSA) is 128 Å². The number of pyridine rings is 3. The molecular weight excluding hydrogens is 428 g/mol. The maximum Gasteiger partial charge on any atom is 0.250 e. The number of nitrogens with two attached hydrogens (primary N) is 1. The summed E-state index contributed by atoms with van der Waals surface area (Å²) in [6, 6.07) is 18.4. The first-order valence-corrected chi connectivity index (χ1v) is 10.6. The molecule has 0 aliphatic rings. The van der Waals surface area contributed by atoms with Gasteiger partial charge in [0, 0.05) is 41.7 Å². The predicted octanol–water partition coefficient (Wildman–Crippen LogP) is 3.06. The van der Waals surface area contributed by atoms with Crippen molar-refractivity contribution < 1.29 is 0 Å². The highest BCUT2D eigenvalue weighted by atomic mass is 16.1. The van der Waals surface area contributed by atoms with Crippen LogP contribution in [0.1, 0.15) is 17.0 Å². The van der Waals surface area contributed by atoms with Gasteiger partial charge in [-0.25, -0.2) is 4.98 Å². The Kier molecular flexibility index (Phi) is 5.11. The molecule has 9 heteroatoms. The Morgan fingerprint density at radius 3 is 2.56 bits per heavy atom. The van der Waals surface area contributed by atoms with Crippen LogP contribution in [-0.2, 0) is 13.6 Å². The predicted molar refractivity (Wildman–Crippen MR) is 129 cm³/mol. The normalized spacial score (nSPS) is 11.0. The van der Waals surface area contributed by atoms with Crippen LogP contribution in [0.2, 0.25) is 0 Å². The minimum Gasteiger partial charge on any atom is -0.382 e. The van der Waals surface area contributed by atoms with Gasteiger partial charge in [0.15, 0.2) is 11.3 Å². The van der Waals surface area contributed by atoms with Crippen molar-refractivity contribution in [2.75, 3.05) is 5.73 Å². The average molecular weight is 448 g/mol. The smallest absolute Gasteiger partial charge is 0.250 e. The molecule has 0 aliphatic carbocycles. The van der Waals surface area contributed by atoms with Crippen LogP contribution < -0.4 is 11.3 Å². The molecule has 0 atom stereocenters. The lowest BCUT2D eigenvalue weighted by Gasteiger charge is -2.13. The summed E-state index contributed by atoms with van der Waals surface area (Å²) in [5.41, 5.74) is 11.8. The van der Waals surface area contributed by atoms with E-state index in [9.17, 15) is 10.1 Å². The van der Waals surface area contributed by atoms with Crippen molar-refractivity contribution in [1.82, 2.24) is 29.5 Å². The average Bonchev–Trinajstić information content (AvgIpc) is 3.25. The fraction of sp³-hybridized carbons (Fsp3) is 0.120. The first kappa shape index (κ1) is 21.0. The van der Waals surface area contributed by atoms with E-state index in [4.69, 9.17) is 10.8 Å². The van der Waals surface area contributed by atoms with Crippen LogP contribution in [0.4, 0.5) is 5.82 Å². The van der Waals surface area contributed by atoms with Crippen molar-refractivity contribution in [3.05, 3.63) is 88.1 Å². The Bertz CT molecular complexity index is 1660. The fourth-order valence-electron chi connectivity index (χ4n) is 3.93. The summed E-state index contributed by atoms with van der Waals surface area (Å²) in [7, 11) is 1.68. The second kappa shape index (κ2) is 8.26. The number of aromatic nitrogens is 6. The number of nitrogen functional groups attached to an aromatic ring is 1. The molecule has 1 aromatic carbocycles. The molecule has 5 rings (SSSR count). The van der Waals surface area contributed by atoms with Gasteiger partial charge < -0.3 is 10.3 Å². The number of rotatable bonds is 4. The molecule has 0 saturated carbocycles. The van der Waals surface area contributed by atoms with Gasteiger partial charge in [0.25, 0.3) is 0 Å². The zero-order valence-corrected chi connectivity index (χ0v) is 18.6. The first-order valence-electron chi connectivity index (χ1n) is 10.6. The van der Waals surface area contributed by atoms with Gasteiger partial charge in [-0.3, -0.25) is 9.78 Å². The maximum atomic E-state index is 12.1. The molecule has 0 amide bonds. The zero-order chi connectivity index (χ0) is 23.8. The number of anilines is 1. The Morgan fingerprint density at radius 2 is 1.79 bits per heavy atom. The first-order chi connectivity index (χ1) is 16.4. The van der Waals surface area contributed by atoms with Crippen LogP contribution in [0.15, 0.2) is 65.6 Å². The fourth-order valence-corrected chi connectivity index (χ4v) is 3.93. The summed E-state index contributed by atoms with van der Waals surface area (Å²) >= 11 is 0.